The fourth-order valence-electron chi connectivity index (χ4n) is 4.56. The van der Waals surface area contributed by atoms with E-state index in [4.69, 9.17) is 4.74 Å². The maximum Gasteiger partial charge on any atom is 0.416 e. The Hall–Kier alpha value is -3.91. The molecule has 0 aliphatic carbocycles. The fraction of sp³-hybridized carbons (Fsp3) is 0.286. The van der Waals surface area contributed by atoms with Crippen LogP contribution in [0.3, 0.4) is 0 Å². The fourth-order valence-corrected chi connectivity index (χ4v) is 6.17. The Morgan fingerprint density at radius 1 is 0.929 bits per heavy atom. The Bertz CT molecular complexity index is 1560. The van der Waals surface area contributed by atoms with Gasteiger partial charge in [-0.15, -0.1) is 0 Å². The van der Waals surface area contributed by atoms with E-state index in [-0.39, 0.29) is 17.5 Å². The number of rotatable bonds is 7. The number of benzene rings is 3. The molecular formula is C28H24F6N2O5S. The van der Waals surface area contributed by atoms with E-state index in [1.165, 1.54) is 16.4 Å². The maximum atomic E-state index is 13.5. The Labute approximate surface area is 237 Å². The molecule has 1 aliphatic rings. The molecule has 0 aromatic heterocycles. The largest absolute Gasteiger partial charge is 0.456 e. The van der Waals surface area contributed by atoms with Gasteiger partial charge in [0.2, 0.25) is 10.0 Å². The van der Waals surface area contributed by atoms with Gasteiger partial charge >= 0.3 is 18.3 Å². The molecule has 0 saturated carbocycles. The Balaban J connectivity index is 1.50. The van der Waals surface area contributed by atoms with Crippen molar-refractivity contribution in [1.82, 2.24) is 4.31 Å². The molecule has 224 valence electrons. The molecule has 3 aromatic rings. The van der Waals surface area contributed by atoms with Crippen LogP contribution in [0.2, 0.25) is 0 Å². The lowest BCUT2D eigenvalue weighted by molar-refractivity contribution is -0.148. The number of nitrogens with one attached hydrogen (secondary N) is 1. The van der Waals surface area contributed by atoms with Crippen LogP contribution in [0.1, 0.15) is 40.3 Å². The summed E-state index contributed by atoms with van der Waals surface area (Å²) in [4.78, 5) is 25.1. The Morgan fingerprint density at radius 3 is 2.12 bits per heavy atom. The lowest BCUT2D eigenvalue weighted by atomic mass is 9.92. The van der Waals surface area contributed by atoms with Gasteiger partial charge in [0.25, 0.3) is 5.91 Å². The van der Waals surface area contributed by atoms with Gasteiger partial charge in [0.1, 0.15) is 0 Å². The molecule has 7 nitrogen and oxygen atoms in total. The highest BCUT2D eigenvalue weighted by atomic mass is 32.2. The van der Waals surface area contributed by atoms with E-state index in [2.05, 4.69) is 0 Å². The minimum absolute atomic E-state index is 0.0181. The third-order valence-electron chi connectivity index (χ3n) is 6.59. The van der Waals surface area contributed by atoms with E-state index in [0.29, 0.717) is 24.1 Å². The topological polar surface area (TPSA) is 92.8 Å². The second-order valence-electron chi connectivity index (χ2n) is 9.60. The third-order valence-corrected chi connectivity index (χ3v) is 8.51. The maximum absolute atomic E-state index is 13.5. The molecule has 0 radical (unpaired) electrons. The van der Waals surface area contributed by atoms with E-state index < -0.39 is 70.1 Å². The van der Waals surface area contributed by atoms with E-state index in [0.717, 1.165) is 11.1 Å². The molecule has 42 heavy (non-hydrogen) atoms. The van der Waals surface area contributed by atoms with Crippen LogP contribution in [-0.2, 0) is 43.1 Å². The van der Waals surface area contributed by atoms with E-state index in [1.54, 1.807) is 43.3 Å². The predicted molar refractivity (Wildman–Crippen MR) is 139 cm³/mol. The first-order valence-corrected chi connectivity index (χ1v) is 13.9. The first-order valence-electron chi connectivity index (χ1n) is 12.5. The number of hydrogen-bond acceptors (Lipinski definition) is 5. The number of nitrogens with zero attached hydrogens (tertiary/aromatic N) is 1. The summed E-state index contributed by atoms with van der Waals surface area (Å²) >= 11 is 0. The number of fused-ring (bicyclic) bond motifs is 1. The molecule has 1 aliphatic heterocycles. The minimum atomic E-state index is -5.12. The first kappa shape index (κ1) is 31.0. The average Bonchev–Trinajstić information content (AvgIpc) is 2.91. The zero-order valence-electron chi connectivity index (χ0n) is 21.9. The van der Waals surface area contributed by atoms with E-state index in [1.807, 2.05) is 5.32 Å². The quantitative estimate of drug-likeness (QED) is 0.265. The van der Waals surface area contributed by atoms with Crippen molar-refractivity contribution in [2.45, 2.75) is 43.1 Å². The van der Waals surface area contributed by atoms with Gasteiger partial charge < -0.3 is 10.1 Å². The number of esters is 1. The van der Waals surface area contributed by atoms with E-state index in [9.17, 15) is 44.3 Å². The molecule has 1 unspecified atom stereocenters. The van der Waals surface area contributed by atoms with Crippen LogP contribution in [0.25, 0.3) is 0 Å². The number of hydrogen-bond donors (Lipinski definition) is 1. The van der Waals surface area contributed by atoms with Crippen molar-refractivity contribution in [2.24, 2.45) is 0 Å². The second kappa shape index (κ2) is 11.8. The lowest BCUT2D eigenvalue weighted by Crippen LogP contribution is -2.41. The molecular weight excluding hydrogens is 590 g/mol. The van der Waals surface area contributed by atoms with Gasteiger partial charge in [0, 0.05) is 12.2 Å². The van der Waals surface area contributed by atoms with Crippen LogP contribution in [0.4, 0.5) is 32.0 Å². The van der Waals surface area contributed by atoms with E-state index >= 15 is 0 Å². The van der Waals surface area contributed by atoms with Crippen molar-refractivity contribution in [1.29, 1.82) is 0 Å². The van der Waals surface area contributed by atoms with Crippen molar-refractivity contribution in [3.8, 4) is 0 Å². The summed E-state index contributed by atoms with van der Waals surface area (Å²) in [6, 6.07) is 12.6. The first-order chi connectivity index (χ1) is 19.6. The summed E-state index contributed by atoms with van der Waals surface area (Å²) in [5, 5.41) is 1.88. The smallest absolute Gasteiger partial charge is 0.416 e. The summed E-state index contributed by atoms with van der Waals surface area (Å²) < 4.78 is 112. The zero-order chi connectivity index (χ0) is 30.9. The van der Waals surface area contributed by atoms with Crippen molar-refractivity contribution in [3.63, 3.8) is 0 Å². The molecule has 0 fully saturated rings. The highest BCUT2D eigenvalue weighted by molar-refractivity contribution is 7.89. The summed E-state index contributed by atoms with van der Waals surface area (Å²) in [7, 11) is -4.06. The summed E-state index contributed by atoms with van der Waals surface area (Å²) in [6.45, 7) is 0.822. The van der Waals surface area contributed by atoms with Gasteiger partial charge in [-0.3, -0.25) is 9.59 Å². The number of halogens is 6. The minimum Gasteiger partial charge on any atom is -0.456 e. The van der Waals surface area contributed by atoms with Crippen LogP contribution < -0.4 is 5.32 Å². The predicted octanol–water partition coefficient (Wildman–Crippen LogP) is 5.89. The molecule has 1 amide bonds. The van der Waals surface area contributed by atoms with Crippen LogP contribution in [-0.4, -0.2) is 37.8 Å². The van der Waals surface area contributed by atoms with Crippen molar-refractivity contribution in [3.05, 3.63) is 94.5 Å². The number of alkyl halides is 6. The van der Waals surface area contributed by atoms with Gasteiger partial charge in [-0.2, -0.15) is 30.6 Å². The number of anilines is 1. The molecule has 1 atom stereocenters. The summed E-state index contributed by atoms with van der Waals surface area (Å²) in [6.07, 6.45) is -10.4. The number of carbonyl (C=O) groups is 2. The number of aryl methyl sites for hydroxylation is 1. The molecule has 1 N–H and O–H groups in total. The normalized spacial score (nSPS) is 16.0. The van der Waals surface area contributed by atoms with Gasteiger partial charge in [-0.1, -0.05) is 42.0 Å². The highest BCUT2D eigenvalue weighted by Gasteiger charge is 2.39. The Morgan fingerprint density at radius 2 is 1.52 bits per heavy atom. The molecule has 0 saturated heterocycles. The molecule has 14 heteroatoms. The molecule has 4 rings (SSSR count). The van der Waals surface area contributed by atoms with Crippen molar-refractivity contribution in [2.75, 3.05) is 18.5 Å². The molecule has 1 heterocycles. The number of sulfonamides is 1. The van der Waals surface area contributed by atoms with Gasteiger partial charge in [0.15, 0.2) is 6.61 Å². The Kier molecular flexibility index (Phi) is 8.69. The molecule has 0 bridgehead atoms. The van der Waals surface area contributed by atoms with Crippen LogP contribution in [0.15, 0.2) is 71.6 Å². The van der Waals surface area contributed by atoms with Crippen LogP contribution in [0, 0.1) is 6.92 Å². The van der Waals surface area contributed by atoms with Gasteiger partial charge in [-0.05, 0) is 54.8 Å². The average molecular weight is 615 g/mol. The summed E-state index contributed by atoms with van der Waals surface area (Å²) in [5.41, 5.74) is -1.84. The highest BCUT2D eigenvalue weighted by Crippen LogP contribution is 2.38. The van der Waals surface area contributed by atoms with Crippen LogP contribution in [0.5, 0.6) is 0 Å². The van der Waals surface area contributed by atoms with Crippen LogP contribution >= 0.6 is 0 Å². The third kappa shape index (κ3) is 7.10. The SMILES string of the molecule is Cc1ccc(S(=O)(=O)N2CCc3ccccc3C2CC(=O)OCC(=O)Nc2cc(C(F)(F)F)cc(C(F)(F)F)c2)cc1. The monoisotopic (exact) mass is 614 g/mol. The number of ether oxygens (including phenoxy) is 1. The molecule has 3 aromatic carbocycles. The standard InChI is InChI=1S/C28H24F6N2O5S/c1-17-6-8-22(9-7-17)42(39,40)36-11-10-18-4-2-3-5-23(18)24(36)15-26(38)41-16-25(37)35-21-13-19(27(29,30)31)12-20(14-21)28(32,33)34/h2-9,12-14,24H,10-11,15-16H2,1H3,(H,35,37). The number of carbonyl (C=O) groups excluding carboxylic acids is 2. The van der Waals surface area contributed by atoms with Gasteiger partial charge in [0.05, 0.1) is 28.5 Å². The molecule has 0 spiro atoms. The zero-order valence-corrected chi connectivity index (χ0v) is 22.7. The number of amides is 1. The van der Waals surface area contributed by atoms with Crippen molar-refractivity contribution < 1.29 is 49.1 Å². The summed E-state index contributed by atoms with van der Waals surface area (Å²) in [5.74, 6) is -2.19. The lowest BCUT2D eigenvalue weighted by Gasteiger charge is -2.36. The second-order valence-corrected chi connectivity index (χ2v) is 11.5. The van der Waals surface area contributed by atoms with Crippen molar-refractivity contribution >= 4 is 27.6 Å². The van der Waals surface area contributed by atoms with Gasteiger partial charge in [-0.25, -0.2) is 8.42 Å².